The highest BCUT2D eigenvalue weighted by Gasteiger charge is 2.14. The van der Waals surface area contributed by atoms with Crippen LogP contribution in [0.15, 0.2) is 0 Å². The van der Waals surface area contributed by atoms with Crippen LogP contribution in [0.5, 0.6) is 0 Å². The summed E-state index contributed by atoms with van der Waals surface area (Å²) in [5.74, 6) is -0.966. The van der Waals surface area contributed by atoms with E-state index < -0.39 is 11.3 Å². The fourth-order valence-corrected chi connectivity index (χ4v) is 0.907. The van der Waals surface area contributed by atoms with Crippen molar-refractivity contribution in [2.45, 2.75) is 36.9 Å². The Kier molecular flexibility index (Phi) is 5.69. The van der Waals surface area contributed by atoms with E-state index in [9.17, 15) is 4.79 Å². The van der Waals surface area contributed by atoms with Crippen LogP contribution >= 0.6 is 23.2 Å². The van der Waals surface area contributed by atoms with E-state index in [1.807, 2.05) is 6.92 Å². The van der Waals surface area contributed by atoms with Crippen LogP contribution in [0.25, 0.3) is 0 Å². The third kappa shape index (κ3) is 5.33. The monoisotopic (exact) mass is 198 g/mol. The summed E-state index contributed by atoms with van der Waals surface area (Å²) in [5.41, 5.74) is 0. The van der Waals surface area contributed by atoms with Gasteiger partial charge in [-0.2, -0.15) is 0 Å². The molecule has 0 aromatic rings. The van der Waals surface area contributed by atoms with Crippen molar-refractivity contribution in [3.8, 4) is 0 Å². The van der Waals surface area contributed by atoms with E-state index in [2.05, 4.69) is 0 Å². The number of carboxylic acids is 1. The summed E-state index contributed by atoms with van der Waals surface area (Å²) in [6, 6.07) is 0. The lowest BCUT2D eigenvalue weighted by Gasteiger charge is -2.06. The van der Waals surface area contributed by atoms with Gasteiger partial charge in [0.1, 0.15) is 5.38 Å². The van der Waals surface area contributed by atoms with Crippen molar-refractivity contribution >= 4 is 29.2 Å². The minimum Gasteiger partial charge on any atom is -0.480 e. The van der Waals surface area contributed by atoms with Crippen molar-refractivity contribution in [3.05, 3.63) is 0 Å². The van der Waals surface area contributed by atoms with Crippen LogP contribution in [0, 0.1) is 0 Å². The maximum atomic E-state index is 10.2. The molecule has 2 nitrogen and oxygen atoms in total. The van der Waals surface area contributed by atoms with Gasteiger partial charge in [0.25, 0.3) is 0 Å². The number of aliphatic carboxylic acids is 1. The highest BCUT2D eigenvalue weighted by atomic mass is 35.5. The van der Waals surface area contributed by atoms with Crippen molar-refractivity contribution in [1.82, 2.24) is 0 Å². The summed E-state index contributed by atoms with van der Waals surface area (Å²) in [6.45, 7) is 1.96. The Hall–Kier alpha value is 0.0500. The van der Waals surface area contributed by atoms with Gasteiger partial charge >= 0.3 is 5.97 Å². The maximum absolute atomic E-state index is 10.2. The first-order valence-corrected chi connectivity index (χ1v) is 4.46. The second kappa shape index (κ2) is 5.67. The second-order valence-electron chi connectivity index (χ2n) is 2.39. The molecule has 1 N–H and O–H groups in total. The molecular formula is C7H12Cl2O2. The molecule has 2 atom stereocenters. The molecule has 0 amide bonds. The molecule has 0 fully saturated rings. The number of carbonyl (C=O) groups is 1. The Bertz CT molecular complexity index is 128. The smallest absolute Gasteiger partial charge is 0.321 e. The first kappa shape index (κ1) is 11.1. The largest absolute Gasteiger partial charge is 0.480 e. The molecular weight excluding hydrogens is 187 g/mol. The van der Waals surface area contributed by atoms with E-state index in [1.165, 1.54) is 0 Å². The van der Waals surface area contributed by atoms with Crippen molar-refractivity contribution in [3.63, 3.8) is 0 Å². The number of hydrogen-bond donors (Lipinski definition) is 1. The minimum absolute atomic E-state index is 0.0515. The average molecular weight is 199 g/mol. The van der Waals surface area contributed by atoms with Gasteiger partial charge in [-0.05, 0) is 19.3 Å². The average Bonchev–Trinajstić information content (AvgIpc) is 1.99. The third-order valence-corrected chi connectivity index (χ3v) is 2.38. The molecule has 0 radical (unpaired) electrons. The van der Waals surface area contributed by atoms with Crippen LogP contribution in [0.2, 0.25) is 0 Å². The van der Waals surface area contributed by atoms with Crippen LogP contribution in [0.3, 0.4) is 0 Å². The first-order chi connectivity index (χ1) is 5.07. The lowest BCUT2D eigenvalue weighted by molar-refractivity contribution is -0.136. The Morgan fingerprint density at radius 3 is 2.36 bits per heavy atom. The molecule has 0 rings (SSSR count). The van der Waals surface area contributed by atoms with Crippen molar-refractivity contribution < 1.29 is 9.90 Å². The molecule has 0 saturated heterocycles. The topological polar surface area (TPSA) is 37.3 Å². The number of halogens is 2. The van der Waals surface area contributed by atoms with Crippen molar-refractivity contribution in [2.75, 3.05) is 0 Å². The quantitative estimate of drug-likeness (QED) is 0.690. The summed E-state index contributed by atoms with van der Waals surface area (Å²) in [6.07, 6.45) is 1.96. The van der Waals surface area contributed by atoms with E-state index in [1.54, 1.807) is 0 Å². The summed E-state index contributed by atoms with van der Waals surface area (Å²) < 4.78 is 0. The number of hydrogen-bond acceptors (Lipinski definition) is 1. The number of carboxylic acid groups (broad SMARTS) is 1. The van der Waals surface area contributed by atoms with E-state index in [-0.39, 0.29) is 5.38 Å². The zero-order valence-corrected chi connectivity index (χ0v) is 7.90. The van der Waals surface area contributed by atoms with E-state index in [0.717, 1.165) is 6.42 Å². The fourth-order valence-electron chi connectivity index (χ4n) is 0.655. The van der Waals surface area contributed by atoms with Crippen LogP contribution in [0.1, 0.15) is 26.2 Å². The van der Waals surface area contributed by atoms with E-state index in [0.29, 0.717) is 12.8 Å². The van der Waals surface area contributed by atoms with E-state index in [4.69, 9.17) is 28.3 Å². The predicted molar refractivity (Wildman–Crippen MR) is 46.4 cm³/mol. The molecule has 0 aromatic carbocycles. The van der Waals surface area contributed by atoms with Gasteiger partial charge in [0.15, 0.2) is 0 Å². The predicted octanol–water partition coefficient (Wildman–Crippen LogP) is 2.48. The first-order valence-electron chi connectivity index (χ1n) is 3.58. The molecule has 0 spiro atoms. The molecule has 0 aliphatic rings. The standard InChI is InChI=1S/C7H12Cl2O2/c1-2-5(8)3-4-6(9)7(10)11/h5-6H,2-4H2,1H3,(H,10,11). The fraction of sp³-hybridized carbons (Fsp3) is 0.857. The minimum atomic E-state index is -0.966. The Morgan fingerprint density at radius 2 is 2.00 bits per heavy atom. The highest BCUT2D eigenvalue weighted by Crippen LogP contribution is 2.13. The van der Waals surface area contributed by atoms with Gasteiger partial charge in [-0.25, -0.2) is 0 Å². The van der Waals surface area contributed by atoms with Crippen LogP contribution < -0.4 is 0 Å². The number of rotatable bonds is 5. The maximum Gasteiger partial charge on any atom is 0.321 e. The molecule has 0 bridgehead atoms. The Morgan fingerprint density at radius 1 is 1.45 bits per heavy atom. The molecule has 66 valence electrons. The zero-order valence-electron chi connectivity index (χ0n) is 6.39. The number of alkyl halides is 2. The summed E-state index contributed by atoms with van der Waals surface area (Å²) in [4.78, 5) is 10.2. The van der Waals surface area contributed by atoms with Gasteiger partial charge in [0.05, 0.1) is 0 Å². The lowest BCUT2D eigenvalue weighted by atomic mass is 10.1. The van der Waals surface area contributed by atoms with Gasteiger partial charge in [-0.3, -0.25) is 4.79 Å². The third-order valence-electron chi connectivity index (χ3n) is 1.44. The summed E-state index contributed by atoms with van der Waals surface area (Å²) in [5, 5.41) is 7.65. The highest BCUT2D eigenvalue weighted by molar-refractivity contribution is 6.29. The molecule has 0 heterocycles. The Balaban J connectivity index is 3.45. The zero-order chi connectivity index (χ0) is 8.85. The molecule has 0 aliphatic heterocycles. The summed E-state index contributed by atoms with van der Waals surface area (Å²) >= 11 is 11.2. The second-order valence-corrected chi connectivity index (χ2v) is 3.53. The lowest BCUT2D eigenvalue weighted by Crippen LogP contribution is -2.14. The molecule has 11 heavy (non-hydrogen) atoms. The van der Waals surface area contributed by atoms with Crippen LogP contribution in [-0.2, 0) is 4.79 Å². The molecule has 0 aromatic heterocycles. The Labute approximate surface area is 76.5 Å². The normalized spacial score (nSPS) is 15.9. The van der Waals surface area contributed by atoms with Gasteiger partial charge in [0, 0.05) is 5.38 Å². The van der Waals surface area contributed by atoms with Crippen molar-refractivity contribution in [2.24, 2.45) is 0 Å². The molecule has 2 unspecified atom stereocenters. The van der Waals surface area contributed by atoms with Gasteiger partial charge in [-0.1, -0.05) is 6.92 Å². The molecule has 0 aliphatic carbocycles. The van der Waals surface area contributed by atoms with Gasteiger partial charge in [0.2, 0.25) is 0 Å². The van der Waals surface area contributed by atoms with Crippen molar-refractivity contribution in [1.29, 1.82) is 0 Å². The van der Waals surface area contributed by atoms with Crippen LogP contribution in [-0.4, -0.2) is 21.8 Å². The van der Waals surface area contributed by atoms with Gasteiger partial charge < -0.3 is 5.11 Å². The van der Waals surface area contributed by atoms with Crippen LogP contribution in [0.4, 0.5) is 0 Å². The SMILES string of the molecule is CCC(Cl)CCC(Cl)C(=O)O. The molecule has 4 heteroatoms. The van der Waals surface area contributed by atoms with E-state index >= 15 is 0 Å². The summed E-state index contributed by atoms with van der Waals surface area (Å²) in [7, 11) is 0. The molecule has 0 saturated carbocycles. The van der Waals surface area contributed by atoms with Gasteiger partial charge in [-0.15, -0.1) is 23.2 Å².